The quantitative estimate of drug-likeness (QED) is 0.632. The average molecular weight is 389 g/mol. The molecule has 2 heterocycles. The normalized spacial score (nSPS) is 19.5. The Morgan fingerprint density at radius 2 is 1.76 bits per heavy atom. The molecule has 3 aromatic rings. The van der Waals surface area contributed by atoms with E-state index in [0.717, 1.165) is 39.7 Å². The van der Waals surface area contributed by atoms with Gasteiger partial charge in [-0.2, -0.15) is 0 Å². The van der Waals surface area contributed by atoms with Gasteiger partial charge in [0.05, 0.1) is 29.0 Å². The van der Waals surface area contributed by atoms with Crippen LogP contribution in [-0.4, -0.2) is 41.1 Å². The number of carbonyl (C=O) groups is 1. The number of rotatable bonds is 3. The molecule has 1 aliphatic heterocycles. The topological polar surface area (TPSA) is 42.4 Å². The Kier molecular flexibility index (Phi) is 5.37. The summed E-state index contributed by atoms with van der Waals surface area (Å²) < 4.78 is 5.82. The highest BCUT2D eigenvalue weighted by Gasteiger charge is 2.28. The van der Waals surface area contributed by atoms with Gasteiger partial charge >= 0.3 is 0 Å². The fourth-order valence-electron chi connectivity index (χ4n) is 4.09. The van der Waals surface area contributed by atoms with Crippen LogP contribution in [-0.2, 0) is 11.2 Å². The van der Waals surface area contributed by atoms with Gasteiger partial charge in [-0.15, -0.1) is 0 Å². The highest BCUT2D eigenvalue weighted by molar-refractivity contribution is 6.07. The van der Waals surface area contributed by atoms with E-state index in [9.17, 15) is 4.79 Å². The van der Waals surface area contributed by atoms with Gasteiger partial charge in [0.1, 0.15) is 0 Å². The van der Waals surface area contributed by atoms with E-state index in [1.807, 2.05) is 43.9 Å². The van der Waals surface area contributed by atoms with Crippen molar-refractivity contribution >= 4 is 16.8 Å². The molecule has 1 amide bonds. The van der Waals surface area contributed by atoms with E-state index in [1.54, 1.807) is 0 Å². The predicted octanol–water partition coefficient (Wildman–Crippen LogP) is 5.02. The number of nitrogens with zero attached hydrogens (tertiary/aromatic N) is 2. The maximum atomic E-state index is 13.5. The monoisotopic (exact) mass is 388 g/mol. The molecule has 2 unspecified atom stereocenters. The highest BCUT2D eigenvalue weighted by Crippen LogP contribution is 2.28. The predicted molar refractivity (Wildman–Crippen MR) is 117 cm³/mol. The van der Waals surface area contributed by atoms with E-state index in [2.05, 4.69) is 37.3 Å². The lowest BCUT2D eigenvalue weighted by Gasteiger charge is -2.35. The van der Waals surface area contributed by atoms with Crippen molar-refractivity contribution in [3.63, 3.8) is 0 Å². The summed E-state index contributed by atoms with van der Waals surface area (Å²) in [5.41, 5.74) is 5.85. The zero-order valence-corrected chi connectivity index (χ0v) is 17.6. The minimum absolute atomic E-state index is 0.0404. The molecule has 29 heavy (non-hydrogen) atoms. The third-order valence-electron chi connectivity index (χ3n) is 5.56. The summed E-state index contributed by atoms with van der Waals surface area (Å²) >= 11 is 0. The van der Waals surface area contributed by atoms with Crippen LogP contribution in [0.15, 0.2) is 48.5 Å². The molecule has 1 fully saturated rings. The molecule has 0 radical (unpaired) electrons. The van der Waals surface area contributed by atoms with Crippen molar-refractivity contribution in [2.24, 2.45) is 0 Å². The molecular weight excluding hydrogens is 360 g/mol. The average Bonchev–Trinajstić information content (AvgIpc) is 2.72. The van der Waals surface area contributed by atoms with Crippen LogP contribution >= 0.6 is 0 Å². The number of aryl methyl sites for hydroxylation is 2. The summed E-state index contributed by atoms with van der Waals surface area (Å²) in [6.07, 6.45) is 1.08. The largest absolute Gasteiger partial charge is 0.372 e. The minimum atomic E-state index is 0.0404. The maximum Gasteiger partial charge on any atom is 0.254 e. The molecular formula is C25H28N2O2. The SMILES string of the molecule is CCc1ccc(-c2cc(C(=O)N3CC(C)OC(C)C3)c3cc(C)ccc3n2)cc1. The highest BCUT2D eigenvalue weighted by atomic mass is 16.5. The summed E-state index contributed by atoms with van der Waals surface area (Å²) in [4.78, 5) is 20.3. The Morgan fingerprint density at radius 3 is 2.41 bits per heavy atom. The van der Waals surface area contributed by atoms with Crippen molar-refractivity contribution in [2.45, 2.75) is 46.3 Å². The first-order valence-corrected chi connectivity index (χ1v) is 10.4. The van der Waals surface area contributed by atoms with Gasteiger partial charge in [0.15, 0.2) is 0 Å². The molecule has 1 saturated heterocycles. The molecule has 4 heteroatoms. The molecule has 4 rings (SSSR count). The van der Waals surface area contributed by atoms with Crippen LogP contribution in [0.1, 0.15) is 42.3 Å². The standard InChI is InChI=1S/C25H28N2O2/c1-5-19-7-9-20(10-8-19)24-13-22(21-12-16(2)6-11-23(21)26-24)25(28)27-14-17(3)29-18(4)15-27/h6-13,17-18H,5,14-15H2,1-4H3. The molecule has 0 spiro atoms. The lowest BCUT2D eigenvalue weighted by atomic mass is 10.0. The van der Waals surface area contributed by atoms with Crippen LogP contribution in [0, 0.1) is 6.92 Å². The van der Waals surface area contributed by atoms with E-state index in [4.69, 9.17) is 9.72 Å². The number of aromatic nitrogens is 1. The second-order valence-electron chi connectivity index (χ2n) is 8.09. The molecule has 1 aromatic heterocycles. The van der Waals surface area contributed by atoms with Gasteiger partial charge in [-0.05, 0) is 51.0 Å². The lowest BCUT2D eigenvalue weighted by molar-refractivity contribution is -0.0585. The van der Waals surface area contributed by atoms with Crippen LogP contribution < -0.4 is 0 Å². The van der Waals surface area contributed by atoms with Crippen molar-refractivity contribution < 1.29 is 9.53 Å². The van der Waals surface area contributed by atoms with Gasteiger partial charge < -0.3 is 9.64 Å². The van der Waals surface area contributed by atoms with Gasteiger partial charge in [-0.1, -0.05) is 42.8 Å². The fourth-order valence-corrected chi connectivity index (χ4v) is 4.09. The molecule has 0 bridgehead atoms. The van der Waals surface area contributed by atoms with Gasteiger partial charge in [-0.3, -0.25) is 4.79 Å². The smallest absolute Gasteiger partial charge is 0.254 e. The molecule has 2 atom stereocenters. The number of ether oxygens (including phenoxy) is 1. The Hall–Kier alpha value is -2.72. The summed E-state index contributed by atoms with van der Waals surface area (Å²) in [7, 11) is 0. The minimum Gasteiger partial charge on any atom is -0.372 e. The molecule has 0 N–H and O–H groups in total. The summed E-state index contributed by atoms with van der Waals surface area (Å²) in [6.45, 7) is 9.45. The van der Waals surface area contributed by atoms with Crippen molar-refractivity contribution in [3.05, 3.63) is 65.2 Å². The van der Waals surface area contributed by atoms with Crippen molar-refractivity contribution in [3.8, 4) is 11.3 Å². The summed E-state index contributed by atoms with van der Waals surface area (Å²) in [5, 5.41) is 0.913. The van der Waals surface area contributed by atoms with E-state index in [0.29, 0.717) is 13.1 Å². The number of carbonyl (C=O) groups excluding carboxylic acids is 1. The molecule has 4 nitrogen and oxygen atoms in total. The zero-order chi connectivity index (χ0) is 20.5. The van der Waals surface area contributed by atoms with Crippen LogP contribution in [0.2, 0.25) is 0 Å². The summed E-state index contributed by atoms with van der Waals surface area (Å²) in [5.74, 6) is 0.0522. The third-order valence-corrected chi connectivity index (χ3v) is 5.56. The van der Waals surface area contributed by atoms with Crippen molar-refractivity contribution in [2.75, 3.05) is 13.1 Å². The Labute approximate surface area is 172 Å². The van der Waals surface area contributed by atoms with Crippen LogP contribution in [0.25, 0.3) is 22.2 Å². The first kappa shape index (κ1) is 19.6. The van der Waals surface area contributed by atoms with Crippen molar-refractivity contribution in [1.82, 2.24) is 9.88 Å². The number of pyridine rings is 1. The number of amides is 1. The molecule has 0 aliphatic carbocycles. The maximum absolute atomic E-state index is 13.5. The number of fused-ring (bicyclic) bond motifs is 1. The first-order chi connectivity index (χ1) is 13.9. The van der Waals surface area contributed by atoms with Crippen LogP contribution in [0.4, 0.5) is 0 Å². The van der Waals surface area contributed by atoms with E-state index in [-0.39, 0.29) is 18.1 Å². The number of morpholine rings is 1. The van der Waals surface area contributed by atoms with Crippen molar-refractivity contribution in [1.29, 1.82) is 0 Å². The molecule has 1 aliphatic rings. The number of hydrogen-bond donors (Lipinski definition) is 0. The lowest BCUT2D eigenvalue weighted by Crippen LogP contribution is -2.48. The molecule has 0 saturated carbocycles. The first-order valence-electron chi connectivity index (χ1n) is 10.4. The zero-order valence-electron chi connectivity index (χ0n) is 17.6. The Morgan fingerprint density at radius 1 is 1.07 bits per heavy atom. The third kappa shape index (κ3) is 4.03. The number of benzene rings is 2. The second kappa shape index (κ2) is 7.96. The van der Waals surface area contributed by atoms with Crippen LogP contribution in [0.3, 0.4) is 0 Å². The van der Waals surface area contributed by atoms with Gasteiger partial charge in [-0.25, -0.2) is 4.98 Å². The van der Waals surface area contributed by atoms with E-state index >= 15 is 0 Å². The molecule has 150 valence electrons. The summed E-state index contributed by atoms with van der Waals surface area (Å²) in [6, 6.07) is 16.5. The van der Waals surface area contributed by atoms with Gasteiger partial charge in [0.2, 0.25) is 0 Å². The fraction of sp³-hybridized carbons (Fsp3) is 0.360. The Bertz CT molecular complexity index is 1030. The second-order valence-corrected chi connectivity index (χ2v) is 8.09. The number of hydrogen-bond acceptors (Lipinski definition) is 3. The van der Waals surface area contributed by atoms with Gasteiger partial charge in [0, 0.05) is 24.0 Å². The van der Waals surface area contributed by atoms with E-state index in [1.165, 1.54) is 5.56 Å². The van der Waals surface area contributed by atoms with Gasteiger partial charge in [0.25, 0.3) is 5.91 Å². The Balaban J connectivity index is 1.82. The van der Waals surface area contributed by atoms with E-state index < -0.39 is 0 Å². The molecule has 2 aromatic carbocycles. The van der Waals surface area contributed by atoms with Crippen LogP contribution in [0.5, 0.6) is 0 Å².